The number of nitrogens with zero attached hydrogens (tertiary/aromatic N) is 3. The Kier molecular flexibility index (Phi) is 4.99. The summed E-state index contributed by atoms with van der Waals surface area (Å²) >= 11 is 6.33. The number of hydrogen-bond donors (Lipinski definition) is 3. The van der Waals surface area contributed by atoms with Gasteiger partial charge in [0, 0.05) is 17.4 Å². The molecule has 1 fully saturated rings. The van der Waals surface area contributed by atoms with Crippen molar-refractivity contribution in [1.29, 1.82) is 0 Å². The second-order valence-corrected chi connectivity index (χ2v) is 8.32. The lowest BCUT2D eigenvalue weighted by Gasteiger charge is -2.44. The zero-order valence-electron chi connectivity index (χ0n) is 17.1. The van der Waals surface area contributed by atoms with Gasteiger partial charge in [0.1, 0.15) is 11.5 Å². The molecule has 0 spiro atoms. The monoisotopic (exact) mass is 453 g/mol. The Balaban J connectivity index is 1.32. The Morgan fingerprint density at radius 3 is 2.84 bits per heavy atom. The SMILES string of the molecule is CC1(O)CN(C(=O)c2cccc(Nc3nccc(Nc4c(Cl)ccc5c4OCO5)n3)c2)C1. The van der Waals surface area contributed by atoms with Gasteiger partial charge in [-0.15, -0.1) is 0 Å². The minimum Gasteiger partial charge on any atom is -0.454 e. The average molecular weight is 454 g/mol. The molecule has 5 rings (SSSR count). The van der Waals surface area contributed by atoms with Crippen LogP contribution in [0.25, 0.3) is 0 Å². The highest BCUT2D eigenvalue weighted by Gasteiger charge is 2.39. The van der Waals surface area contributed by atoms with Crippen molar-refractivity contribution in [1.82, 2.24) is 14.9 Å². The second kappa shape index (κ2) is 7.85. The number of anilines is 4. The third-order valence-electron chi connectivity index (χ3n) is 5.11. The molecule has 2 aliphatic rings. The Morgan fingerprint density at radius 2 is 2.03 bits per heavy atom. The van der Waals surface area contributed by atoms with Crippen molar-refractivity contribution in [2.45, 2.75) is 12.5 Å². The summed E-state index contributed by atoms with van der Waals surface area (Å²) in [4.78, 5) is 22.9. The lowest BCUT2D eigenvalue weighted by Crippen LogP contribution is -2.61. The van der Waals surface area contributed by atoms with Crippen LogP contribution in [-0.2, 0) is 0 Å². The van der Waals surface area contributed by atoms with Crippen molar-refractivity contribution in [2.24, 2.45) is 0 Å². The van der Waals surface area contributed by atoms with Gasteiger partial charge in [0.2, 0.25) is 12.7 Å². The number of halogens is 1. The number of ether oxygens (including phenoxy) is 2. The molecule has 0 bridgehead atoms. The third kappa shape index (κ3) is 4.00. The minimum atomic E-state index is -0.814. The summed E-state index contributed by atoms with van der Waals surface area (Å²) in [7, 11) is 0. The van der Waals surface area contributed by atoms with Crippen LogP contribution in [0.2, 0.25) is 5.02 Å². The zero-order valence-corrected chi connectivity index (χ0v) is 17.9. The molecule has 164 valence electrons. The van der Waals surface area contributed by atoms with E-state index in [9.17, 15) is 9.90 Å². The van der Waals surface area contributed by atoms with Crippen LogP contribution < -0.4 is 20.1 Å². The minimum absolute atomic E-state index is 0.130. The fraction of sp³-hybridized carbons (Fsp3) is 0.227. The number of carbonyl (C=O) groups is 1. The smallest absolute Gasteiger partial charge is 0.254 e. The van der Waals surface area contributed by atoms with Gasteiger partial charge in [0.25, 0.3) is 5.91 Å². The van der Waals surface area contributed by atoms with Crippen molar-refractivity contribution >= 4 is 40.6 Å². The third-order valence-corrected chi connectivity index (χ3v) is 5.43. The van der Waals surface area contributed by atoms with E-state index in [4.69, 9.17) is 21.1 Å². The fourth-order valence-electron chi connectivity index (χ4n) is 3.64. The van der Waals surface area contributed by atoms with Crippen molar-refractivity contribution < 1.29 is 19.4 Å². The summed E-state index contributed by atoms with van der Waals surface area (Å²) in [6.07, 6.45) is 1.60. The van der Waals surface area contributed by atoms with E-state index in [1.54, 1.807) is 54.4 Å². The molecule has 0 radical (unpaired) electrons. The summed E-state index contributed by atoms with van der Waals surface area (Å²) in [6.45, 7) is 2.48. The maximum atomic E-state index is 12.6. The fourth-order valence-corrected chi connectivity index (χ4v) is 3.84. The number of β-amino-alcohol motifs (C(OH)–C–C–N with tert-alkyl or cyclic N) is 1. The van der Waals surface area contributed by atoms with Crippen molar-refractivity contribution in [3.63, 3.8) is 0 Å². The highest BCUT2D eigenvalue weighted by atomic mass is 35.5. The largest absolute Gasteiger partial charge is 0.454 e. The predicted molar refractivity (Wildman–Crippen MR) is 119 cm³/mol. The molecule has 2 aliphatic heterocycles. The second-order valence-electron chi connectivity index (χ2n) is 7.91. The summed E-state index contributed by atoms with van der Waals surface area (Å²) < 4.78 is 10.9. The van der Waals surface area contributed by atoms with Gasteiger partial charge in [-0.2, -0.15) is 4.98 Å². The number of hydrogen-bond acceptors (Lipinski definition) is 8. The predicted octanol–water partition coefficient (Wildman–Crippen LogP) is 3.55. The maximum absolute atomic E-state index is 12.6. The Morgan fingerprint density at radius 1 is 1.19 bits per heavy atom. The van der Waals surface area contributed by atoms with E-state index >= 15 is 0 Å². The topological polar surface area (TPSA) is 109 Å². The van der Waals surface area contributed by atoms with Gasteiger partial charge in [-0.3, -0.25) is 4.79 Å². The summed E-state index contributed by atoms with van der Waals surface area (Å²) in [5.74, 6) is 1.85. The summed E-state index contributed by atoms with van der Waals surface area (Å²) in [6, 6.07) is 12.2. The van der Waals surface area contributed by atoms with Gasteiger partial charge in [-0.25, -0.2) is 4.98 Å². The van der Waals surface area contributed by atoms with Gasteiger partial charge < -0.3 is 30.1 Å². The number of fused-ring (bicyclic) bond motifs is 1. The standard InChI is InChI=1S/C22H20ClN5O4/c1-22(30)10-28(11-22)20(29)13-3-2-4-14(9-13)25-21-24-8-7-17(27-21)26-18-15(23)5-6-16-19(18)32-12-31-16/h2-9,30H,10-12H2,1H3,(H2,24,25,26,27). The van der Waals surface area contributed by atoms with Crippen LogP contribution in [0.4, 0.5) is 23.1 Å². The Bertz CT molecular complexity index is 1190. The van der Waals surface area contributed by atoms with Crippen molar-refractivity contribution in [3.05, 3.63) is 59.2 Å². The first kappa shape index (κ1) is 20.3. The molecule has 10 heteroatoms. The van der Waals surface area contributed by atoms with E-state index < -0.39 is 5.60 Å². The van der Waals surface area contributed by atoms with E-state index in [2.05, 4.69) is 20.6 Å². The highest BCUT2D eigenvalue weighted by molar-refractivity contribution is 6.33. The van der Waals surface area contributed by atoms with E-state index in [-0.39, 0.29) is 12.7 Å². The molecule has 1 amide bonds. The van der Waals surface area contributed by atoms with Crippen LogP contribution in [-0.4, -0.2) is 51.4 Å². The number of carbonyl (C=O) groups excluding carboxylic acids is 1. The van der Waals surface area contributed by atoms with Crippen molar-refractivity contribution in [3.8, 4) is 11.5 Å². The molecular formula is C22H20ClN5O4. The Hall–Kier alpha value is -3.56. The first-order valence-electron chi connectivity index (χ1n) is 9.95. The number of amides is 1. The number of nitrogens with one attached hydrogen (secondary N) is 2. The van der Waals surface area contributed by atoms with Crippen LogP contribution in [0, 0.1) is 0 Å². The quantitative estimate of drug-likeness (QED) is 0.538. The summed E-state index contributed by atoms with van der Waals surface area (Å²) in [5.41, 5.74) is 0.926. The Labute approximate surface area is 189 Å². The number of likely N-dealkylation sites (tertiary alicyclic amines) is 1. The van der Waals surface area contributed by atoms with Crippen LogP contribution in [0.1, 0.15) is 17.3 Å². The van der Waals surface area contributed by atoms with Gasteiger partial charge >= 0.3 is 0 Å². The molecule has 9 nitrogen and oxygen atoms in total. The number of aliphatic hydroxyl groups is 1. The number of aromatic nitrogens is 2. The lowest BCUT2D eigenvalue weighted by molar-refractivity contribution is -0.0668. The van der Waals surface area contributed by atoms with Crippen LogP contribution >= 0.6 is 11.6 Å². The molecular weight excluding hydrogens is 434 g/mol. The first-order valence-corrected chi connectivity index (χ1v) is 10.3. The van der Waals surface area contributed by atoms with Crippen molar-refractivity contribution in [2.75, 3.05) is 30.5 Å². The van der Waals surface area contributed by atoms with Gasteiger partial charge in [0.05, 0.1) is 23.7 Å². The maximum Gasteiger partial charge on any atom is 0.254 e. The molecule has 0 aliphatic carbocycles. The lowest BCUT2D eigenvalue weighted by atomic mass is 9.96. The molecule has 0 unspecified atom stereocenters. The summed E-state index contributed by atoms with van der Waals surface area (Å²) in [5, 5.41) is 16.6. The van der Waals surface area contributed by atoms with E-state index in [0.29, 0.717) is 58.3 Å². The molecule has 1 aromatic heterocycles. The highest BCUT2D eigenvalue weighted by Crippen LogP contribution is 2.44. The molecule has 3 N–H and O–H groups in total. The first-order chi connectivity index (χ1) is 15.4. The molecule has 3 heterocycles. The van der Waals surface area contributed by atoms with Gasteiger partial charge in [0.15, 0.2) is 11.5 Å². The average Bonchev–Trinajstić information content (AvgIpc) is 3.23. The van der Waals surface area contributed by atoms with Gasteiger partial charge in [-0.05, 0) is 43.3 Å². The molecule has 32 heavy (non-hydrogen) atoms. The molecule has 0 atom stereocenters. The number of benzene rings is 2. The van der Waals surface area contributed by atoms with E-state index in [1.807, 2.05) is 6.07 Å². The van der Waals surface area contributed by atoms with Crippen LogP contribution in [0.15, 0.2) is 48.7 Å². The number of rotatable bonds is 5. The van der Waals surface area contributed by atoms with E-state index in [1.165, 1.54) is 0 Å². The van der Waals surface area contributed by atoms with Crippen LogP contribution in [0.5, 0.6) is 11.5 Å². The van der Waals surface area contributed by atoms with E-state index in [0.717, 1.165) is 0 Å². The zero-order chi connectivity index (χ0) is 22.3. The molecule has 0 saturated carbocycles. The molecule has 2 aromatic carbocycles. The van der Waals surface area contributed by atoms with Gasteiger partial charge in [-0.1, -0.05) is 17.7 Å². The molecule has 1 saturated heterocycles. The van der Waals surface area contributed by atoms with Crippen LogP contribution in [0.3, 0.4) is 0 Å². The normalized spacial score (nSPS) is 15.8. The molecule has 3 aromatic rings.